The lowest BCUT2D eigenvalue weighted by molar-refractivity contribution is -0.132. The van der Waals surface area contributed by atoms with Gasteiger partial charge < -0.3 is 10.2 Å². The van der Waals surface area contributed by atoms with Crippen LogP contribution in [0.4, 0.5) is 4.79 Å². The average Bonchev–Trinajstić information content (AvgIpc) is 2.96. The number of hydrogen-bond acceptors (Lipinski definition) is 3. The number of nitrogens with one attached hydrogen (secondary N) is 2. The third kappa shape index (κ3) is 1.68. The lowest BCUT2D eigenvalue weighted by Gasteiger charge is -2.32. The van der Waals surface area contributed by atoms with Crippen molar-refractivity contribution in [2.24, 2.45) is 0 Å². The molecule has 4 rings (SSSR count). The van der Waals surface area contributed by atoms with Crippen LogP contribution in [0.1, 0.15) is 23.5 Å². The predicted octanol–water partition coefficient (Wildman–Crippen LogP) is 0.137. The van der Waals surface area contributed by atoms with E-state index in [0.29, 0.717) is 13.0 Å². The highest BCUT2D eigenvalue weighted by Crippen LogP contribution is 2.37. The number of imide groups is 1. The second-order valence-electron chi connectivity index (χ2n) is 5.96. The summed E-state index contributed by atoms with van der Waals surface area (Å²) in [5, 5.41) is 4.92. The van der Waals surface area contributed by atoms with Crippen molar-refractivity contribution >= 4 is 17.8 Å². The molecule has 2 atom stereocenters. The van der Waals surface area contributed by atoms with Gasteiger partial charge in [-0.25, -0.2) is 4.79 Å². The van der Waals surface area contributed by atoms with Gasteiger partial charge in [0, 0.05) is 6.54 Å². The molecule has 0 bridgehead atoms. The normalized spacial score (nSPS) is 29.9. The van der Waals surface area contributed by atoms with Crippen molar-refractivity contribution in [1.29, 1.82) is 0 Å². The molecule has 21 heavy (non-hydrogen) atoms. The molecule has 1 aliphatic carbocycles. The molecule has 0 saturated carbocycles. The average molecular weight is 285 g/mol. The summed E-state index contributed by atoms with van der Waals surface area (Å²) < 4.78 is 0. The molecule has 2 aliphatic heterocycles. The fourth-order valence-electron chi connectivity index (χ4n) is 3.51. The fourth-order valence-corrected chi connectivity index (χ4v) is 3.51. The third-order valence-electron chi connectivity index (χ3n) is 4.75. The lowest BCUT2D eigenvalue weighted by Crippen LogP contribution is -2.50. The molecule has 6 nitrogen and oxygen atoms in total. The first-order valence-electron chi connectivity index (χ1n) is 7.09. The van der Waals surface area contributed by atoms with Gasteiger partial charge in [0.2, 0.25) is 5.91 Å². The van der Waals surface area contributed by atoms with E-state index in [0.717, 1.165) is 12.0 Å². The molecule has 3 aliphatic rings. The van der Waals surface area contributed by atoms with E-state index in [1.54, 1.807) is 4.90 Å². The highest BCUT2D eigenvalue weighted by Gasteiger charge is 2.52. The highest BCUT2D eigenvalue weighted by atomic mass is 16.2. The summed E-state index contributed by atoms with van der Waals surface area (Å²) in [7, 11) is 0. The van der Waals surface area contributed by atoms with Gasteiger partial charge in [0.05, 0.1) is 12.5 Å². The molecular formula is C15H15N3O3. The minimum absolute atomic E-state index is 0.0551. The Kier molecular flexibility index (Phi) is 2.40. The summed E-state index contributed by atoms with van der Waals surface area (Å²) in [4.78, 5) is 37.5. The van der Waals surface area contributed by atoms with E-state index >= 15 is 0 Å². The van der Waals surface area contributed by atoms with E-state index < -0.39 is 11.6 Å². The maximum absolute atomic E-state index is 12.6. The van der Waals surface area contributed by atoms with Crippen LogP contribution in [-0.4, -0.2) is 41.4 Å². The van der Waals surface area contributed by atoms with Crippen LogP contribution < -0.4 is 10.6 Å². The van der Waals surface area contributed by atoms with Gasteiger partial charge in [-0.2, -0.15) is 0 Å². The van der Waals surface area contributed by atoms with E-state index in [2.05, 4.69) is 10.6 Å². The van der Waals surface area contributed by atoms with E-state index in [1.807, 2.05) is 24.3 Å². The molecule has 2 heterocycles. The van der Waals surface area contributed by atoms with Gasteiger partial charge >= 0.3 is 6.03 Å². The number of amides is 4. The smallest absolute Gasteiger partial charge is 0.322 e. The van der Waals surface area contributed by atoms with Crippen molar-refractivity contribution in [1.82, 2.24) is 15.5 Å². The topological polar surface area (TPSA) is 78.5 Å². The molecule has 2 N–H and O–H groups in total. The first-order chi connectivity index (χ1) is 10.1. The Morgan fingerprint density at radius 2 is 2.10 bits per heavy atom. The zero-order valence-electron chi connectivity index (χ0n) is 11.4. The molecule has 0 radical (unpaired) electrons. The monoisotopic (exact) mass is 285 g/mol. The van der Waals surface area contributed by atoms with E-state index in [4.69, 9.17) is 0 Å². The summed E-state index contributed by atoms with van der Waals surface area (Å²) in [5.74, 6) is -0.368. The molecule has 2 saturated heterocycles. The Bertz CT molecular complexity index is 672. The number of benzene rings is 1. The van der Waals surface area contributed by atoms with Gasteiger partial charge in [0.15, 0.2) is 0 Å². The number of rotatable bonds is 1. The van der Waals surface area contributed by atoms with Crippen LogP contribution in [0.2, 0.25) is 0 Å². The second-order valence-corrected chi connectivity index (χ2v) is 5.96. The Labute approximate surface area is 121 Å². The van der Waals surface area contributed by atoms with Crippen molar-refractivity contribution in [2.45, 2.75) is 24.3 Å². The first-order valence-corrected chi connectivity index (χ1v) is 7.09. The molecule has 6 heteroatoms. The Morgan fingerprint density at radius 3 is 2.81 bits per heavy atom. The first kappa shape index (κ1) is 12.4. The fraction of sp³-hybridized carbons (Fsp3) is 0.400. The minimum Gasteiger partial charge on any atom is -0.339 e. The summed E-state index contributed by atoms with van der Waals surface area (Å²) in [6.07, 6.45) is 1.24. The molecule has 1 spiro atoms. The maximum atomic E-state index is 12.6. The Morgan fingerprint density at radius 1 is 1.29 bits per heavy atom. The third-order valence-corrected chi connectivity index (χ3v) is 4.75. The van der Waals surface area contributed by atoms with Gasteiger partial charge in [-0.1, -0.05) is 24.3 Å². The van der Waals surface area contributed by atoms with E-state index in [9.17, 15) is 14.4 Å². The molecular weight excluding hydrogens is 270 g/mol. The van der Waals surface area contributed by atoms with Gasteiger partial charge in [0.25, 0.3) is 5.91 Å². The molecule has 4 amide bonds. The number of urea groups is 1. The SMILES string of the molecule is O=C1NC(=O)C2(CCN(C(=O)C3Cc4ccccc43)C2)N1. The maximum Gasteiger partial charge on any atom is 0.322 e. The number of carbonyl (C=O) groups is 3. The van der Waals surface area contributed by atoms with Crippen LogP contribution in [0.5, 0.6) is 0 Å². The standard InChI is InChI=1S/C15H15N3O3/c19-12(11-7-9-3-1-2-4-10(9)11)18-6-5-15(8-18)13(20)16-14(21)17-15/h1-4,11H,5-8H2,(H2,16,17,20,21). The number of fused-ring (bicyclic) bond motifs is 1. The van der Waals surface area contributed by atoms with E-state index in [1.165, 1.54) is 5.56 Å². The molecule has 0 aromatic heterocycles. The molecule has 1 aromatic rings. The zero-order valence-corrected chi connectivity index (χ0v) is 11.4. The summed E-state index contributed by atoms with van der Waals surface area (Å²) in [6.45, 7) is 0.771. The van der Waals surface area contributed by atoms with Crippen LogP contribution in [0.15, 0.2) is 24.3 Å². The van der Waals surface area contributed by atoms with Crippen molar-refractivity contribution in [3.05, 3.63) is 35.4 Å². The predicted molar refractivity (Wildman–Crippen MR) is 73.5 cm³/mol. The van der Waals surface area contributed by atoms with Crippen LogP contribution in [0, 0.1) is 0 Å². The molecule has 1 aromatic carbocycles. The van der Waals surface area contributed by atoms with Gasteiger partial charge in [-0.15, -0.1) is 0 Å². The summed E-state index contributed by atoms with van der Waals surface area (Å²) in [5.41, 5.74) is 1.38. The molecule has 2 fully saturated rings. The van der Waals surface area contributed by atoms with E-state index in [-0.39, 0.29) is 24.3 Å². The van der Waals surface area contributed by atoms with Crippen LogP contribution in [0.25, 0.3) is 0 Å². The number of hydrogen-bond donors (Lipinski definition) is 2. The highest BCUT2D eigenvalue weighted by molar-refractivity contribution is 6.07. The van der Waals surface area contributed by atoms with Crippen molar-refractivity contribution in [3.63, 3.8) is 0 Å². The largest absolute Gasteiger partial charge is 0.339 e. The number of carbonyl (C=O) groups excluding carboxylic acids is 3. The zero-order chi connectivity index (χ0) is 14.6. The van der Waals surface area contributed by atoms with Crippen LogP contribution >= 0.6 is 0 Å². The minimum atomic E-state index is -0.921. The van der Waals surface area contributed by atoms with Crippen LogP contribution in [0.3, 0.4) is 0 Å². The summed E-state index contributed by atoms with van der Waals surface area (Å²) in [6, 6.07) is 7.47. The van der Waals surface area contributed by atoms with Gasteiger partial charge in [0.1, 0.15) is 5.54 Å². The number of nitrogens with zero attached hydrogens (tertiary/aromatic N) is 1. The quantitative estimate of drug-likeness (QED) is 0.720. The van der Waals surface area contributed by atoms with Crippen molar-refractivity contribution < 1.29 is 14.4 Å². The number of likely N-dealkylation sites (tertiary alicyclic amines) is 1. The second kappa shape index (κ2) is 4.07. The molecule has 2 unspecified atom stereocenters. The summed E-state index contributed by atoms with van der Waals surface area (Å²) >= 11 is 0. The lowest BCUT2D eigenvalue weighted by atomic mass is 9.77. The Balaban J connectivity index is 1.51. The van der Waals surface area contributed by atoms with Crippen molar-refractivity contribution in [3.8, 4) is 0 Å². The molecule has 108 valence electrons. The van der Waals surface area contributed by atoms with Gasteiger partial charge in [-0.3, -0.25) is 14.9 Å². The van der Waals surface area contributed by atoms with Gasteiger partial charge in [-0.05, 0) is 24.0 Å². The van der Waals surface area contributed by atoms with Crippen molar-refractivity contribution in [2.75, 3.05) is 13.1 Å². The van der Waals surface area contributed by atoms with Crippen LogP contribution in [-0.2, 0) is 16.0 Å². The Hall–Kier alpha value is -2.37.